The minimum Gasteiger partial charge on any atom is -0.479 e. The summed E-state index contributed by atoms with van der Waals surface area (Å²) in [6.07, 6.45) is -0.617. The number of carbonyl (C=O) groups excluding carboxylic acids is 2. The van der Waals surface area contributed by atoms with Crippen LogP contribution in [0.15, 0.2) is 42.5 Å². The monoisotopic (exact) mass is 300 g/mol. The quantitative estimate of drug-likeness (QED) is 0.896. The molecule has 0 bridgehead atoms. The fourth-order valence-corrected chi connectivity index (χ4v) is 2.11. The number of ether oxygens (including phenoxy) is 1. The molecule has 1 aliphatic rings. The molecule has 0 aliphatic carbocycles. The summed E-state index contributed by atoms with van der Waals surface area (Å²) in [5.74, 6) is -0.617. The van der Waals surface area contributed by atoms with Gasteiger partial charge in [-0.15, -0.1) is 0 Å². The normalized spacial score (nSPS) is 16.3. The summed E-state index contributed by atoms with van der Waals surface area (Å²) < 4.78 is 18.6. The number of carbonyl (C=O) groups is 2. The highest BCUT2D eigenvalue weighted by Gasteiger charge is 2.24. The number of benzene rings is 2. The lowest BCUT2D eigenvalue weighted by Gasteiger charge is -2.23. The first-order valence-electron chi connectivity index (χ1n) is 6.71. The third-order valence-corrected chi connectivity index (χ3v) is 3.26. The predicted octanol–water partition coefficient (Wildman–Crippen LogP) is 2.80. The molecule has 2 aromatic carbocycles. The van der Waals surface area contributed by atoms with Crippen LogP contribution in [0.3, 0.4) is 0 Å². The predicted molar refractivity (Wildman–Crippen MR) is 79.5 cm³/mol. The van der Waals surface area contributed by atoms with E-state index in [1.54, 1.807) is 31.2 Å². The van der Waals surface area contributed by atoms with Gasteiger partial charge in [-0.05, 0) is 43.3 Å². The Morgan fingerprint density at radius 1 is 1.27 bits per heavy atom. The minimum atomic E-state index is -0.617. The minimum absolute atomic E-state index is 0.232. The zero-order valence-corrected chi connectivity index (χ0v) is 11.7. The molecule has 1 aliphatic heterocycles. The van der Waals surface area contributed by atoms with Crippen LogP contribution in [0.2, 0.25) is 0 Å². The Morgan fingerprint density at radius 2 is 2.09 bits per heavy atom. The number of halogens is 1. The first-order chi connectivity index (χ1) is 10.5. The van der Waals surface area contributed by atoms with Gasteiger partial charge in [0.25, 0.3) is 11.8 Å². The summed E-state index contributed by atoms with van der Waals surface area (Å²) >= 11 is 0. The molecule has 6 heteroatoms. The van der Waals surface area contributed by atoms with Crippen molar-refractivity contribution in [3.63, 3.8) is 0 Å². The Labute approximate surface area is 126 Å². The largest absolute Gasteiger partial charge is 0.479 e. The van der Waals surface area contributed by atoms with E-state index in [9.17, 15) is 14.0 Å². The maximum Gasteiger partial charge on any atom is 0.265 e. The molecule has 0 saturated heterocycles. The van der Waals surface area contributed by atoms with Gasteiger partial charge in [-0.25, -0.2) is 4.39 Å². The molecule has 0 spiro atoms. The van der Waals surface area contributed by atoms with E-state index >= 15 is 0 Å². The maximum absolute atomic E-state index is 13.1. The second-order valence-electron chi connectivity index (χ2n) is 4.92. The summed E-state index contributed by atoms with van der Waals surface area (Å²) in [6.45, 7) is 1.62. The lowest BCUT2D eigenvalue weighted by Crippen LogP contribution is -2.34. The van der Waals surface area contributed by atoms with Gasteiger partial charge in [0.05, 0.1) is 5.69 Å². The van der Waals surface area contributed by atoms with Crippen molar-refractivity contribution in [3.05, 3.63) is 53.8 Å². The van der Waals surface area contributed by atoms with E-state index in [-0.39, 0.29) is 11.8 Å². The van der Waals surface area contributed by atoms with Crippen molar-refractivity contribution >= 4 is 23.2 Å². The topological polar surface area (TPSA) is 67.4 Å². The van der Waals surface area contributed by atoms with E-state index in [2.05, 4.69) is 10.6 Å². The van der Waals surface area contributed by atoms with Gasteiger partial charge in [-0.2, -0.15) is 0 Å². The summed E-state index contributed by atoms with van der Waals surface area (Å²) in [5.41, 5.74) is 1.24. The highest BCUT2D eigenvalue weighted by atomic mass is 19.1. The smallest absolute Gasteiger partial charge is 0.265 e. The first kappa shape index (κ1) is 14.1. The highest BCUT2D eigenvalue weighted by molar-refractivity contribution is 6.05. The van der Waals surface area contributed by atoms with Crippen molar-refractivity contribution in [2.75, 3.05) is 10.6 Å². The van der Waals surface area contributed by atoms with E-state index < -0.39 is 11.9 Å². The lowest BCUT2D eigenvalue weighted by molar-refractivity contribution is -0.122. The van der Waals surface area contributed by atoms with Gasteiger partial charge >= 0.3 is 0 Å². The van der Waals surface area contributed by atoms with E-state index in [1.165, 1.54) is 18.2 Å². The van der Waals surface area contributed by atoms with E-state index in [0.717, 1.165) is 0 Å². The average Bonchev–Trinajstić information content (AvgIpc) is 2.48. The number of nitrogens with one attached hydrogen (secondary N) is 2. The maximum atomic E-state index is 13.1. The van der Waals surface area contributed by atoms with Crippen molar-refractivity contribution in [2.45, 2.75) is 13.0 Å². The molecule has 3 rings (SSSR count). The summed E-state index contributed by atoms with van der Waals surface area (Å²) in [6, 6.07) is 10.3. The van der Waals surface area contributed by atoms with Crippen molar-refractivity contribution in [2.24, 2.45) is 0 Å². The summed E-state index contributed by atoms with van der Waals surface area (Å²) in [7, 11) is 0. The third kappa shape index (κ3) is 2.76. The number of anilines is 2. The molecule has 1 unspecified atom stereocenters. The Hall–Kier alpha value is -2.89. The van der Waals surface area contributed by atoms with Crippen LogP contribution >= 0.6 is 0 Å². The Bertz CT molecular complexity index is 761. The van der Waals surface area contributed by atoms with Crippen molar-refractivity contribution in [1.82, 2.24) is 0 Å². The Balaban J connectivity index is 1.82. The van der Waals surface area contributed by atoms with Crippen molar-refractivity contribution in [3.8, 4) is 5.75 Å². The molecule has 112 valence electrons. The molecule has 2 N–H and O–H groups in total. The van der Waals surface area contributed by atoms with Gasteiger partial charge in [0.1, 0.15) is 11.6 Å². The standard InChI is InChI=1S/C16H13FN2O3/c1-9-15(20)19-13-6-5-10(7-14(13)22-9)16(21)18-12-4-2-3-11(17)8-12/h2-9H,1H3,(H,18,21)(H,19,20). The van der Waals surface area contributed by atoms with Crippen molar-refractivity contribution in [1.29, 1.82) is 0 Å². The number of hydrogen-bond acceptors (Lipinski definition) is 3. The van der Waals surface area contributed by atoms with E-state index in [0.29, 0.717) is 22.7 Å². The summed E-state index contributed by atoms with van der Waals surface area (Å²) in [5, 5.41) is 5.29. The van der Waals surface area contributed by atoms with Crippen LogP contribution in [0.4, 0.5) is 15.8 Å². The zero-order chi connectivity index (χ0) is 15.7. The van der Waals surface area contributed by atoms with Crippen LogP contribution in [0.5, 0.6) is 5.75 Å². The molecule has 2 amide bonds. The molecule has 2 aromatic rings. The number of fused-ring (bicyclic) bond motifs is 1. The fraction of sp³-hybridized carbons (Fsp3) is 0.125. The van der Waals surface area contributed by atoms with Crippen LogP contribution in [-0.4, -0.2) is 17.9 Å². The van der Waals surface area contributed by atoms with Gasteiger partial charge in [0.2, 0.25) is 0 Å². The highest BCUT2D eigenvalue weighted by Crippen LogP contribution is 2.30. The Kier molecular flexibility index (Phi) is 3.50. The lowest BCUT2D eigenvalue weighted by atomic mass is 10.1. The summed E-state index contributed by atoms with van der Waals surface area (Å²) in [4.78, 5) is 23.7. The fourth-order valence-electron chi connectivity index (χ4n) is 2.11. The Morgan fingerprint density at radius 3 is 2.86 bits per heavy atom. The molecule has 22 heavy (non-hydrogen) atoms. The molecule has 1 atom stereocenters. The van der Waals surface area contributed by atoms with Gasteiger partial charge < -0.3 is 15.4 Å². The molecule has 0 saturated carbocycles. The zero-order valence-electron chi connectivity index (χ0n) is 11.7. The second-order valence-corrected chi connectivity index (χ2v) is 4.92. The van der Waals surface area contributed by atoms with Gasteiger partial charge in [0.15, 0.2) is 6.10 Å². The van der Waals surface area contributed by atoms with Crippen LogP contribution < -0.4 is 15.4 Å². The van der Waals surface area contributed by atoms with Crippen molar-refractivity contribution < 1.29 is 18.7 Å². The molecule has 5 nitrogen and oxygen atoms in total. The van der Waals surface area contributed by atoms with E-state index in [4.69, 9.17) is 4.74 Å². The van der Waals surface area contributed by atoms with Crippen LogP contribution in [0.25, 0.3) is 0 Å². The molecule has 0 radical (unpaired) electrons. The number of rotatable bonds is 2. The average molecular weight is 300 g/mol. The number of amides is 2. The molecular formula is C16H13FN2O3. The van der Waals surface area contributed by atoms with E-state index in [1.807, 2.05) is 0 Å². The number of hydrogen-bond donors (Lipinski definition) is 2. The second kappa shape index (κ2) is 5.48. The molecule has 1 heterocycles. The van der Waals surface area contributed by atoms with Crippen LogP contribution in [-0.2, 0) is 4.79 Å². The molecule has 0 aromatic heterocycles. The van der Waals surface area contributed by atoms with Gasteiger partial charge in [0, 0.05) is 11.3 Å². The molecule has 0 fully saturated rings. The first-order valence-corrected chi connectivity index (χ1v) is 6.71. The van der Waals surface area contributed by atoms with Crippen LogP contribution in [0.1, 0.15) is 17.3 Å². The van der Waals surface area contributed by atoms with Gasteiger partial charge in [-0.3, -0.25) is 9.59 Å². The van der Waals surface area contributed by atoms with Crippen LogP contribution in [0, 0.1) is 5.82 Å². The molecular weight excluding hydrogens is 287 g/mol. The van der Waals surface area contributed by atoms with Gasteiger partial charge in [-0.1, -0.05) is 6.07 Å². The SMILES string of the molecule is CC1Oc2cc(C(=O)Nc3cccc(F)c3)ccc2NC1=O. The third-order valence-electron chi connectivity index (χ3n) is 3.26.